The van der Waals surface area contributed by atoms with Crippen LogP contribution in [-0.4, -0.2) is 36.4 Å². The standard InChI is InChI=1S/C17H18N6O2S/c1-10-15(12(3)24)11(2)23(22-10)8-14(25)20-7-13-9-26-17(21-13)16-18-5-4-6-19-16/h4-6,9H,7-8H2,1-3H3,(H,20,25). The molecule has 1 amide bonds. The van der Waals surface area contributed by atoms with Gasteiger partial charge < -0.3 is 5.32 Å². The lowest BCUT2D eigenvalue weighted by Gasteiger charge is -2.06. The Balaban J connectivity index is 1.61. The second-order valence-electron chi connectivity index (χ2n) is 5.75. The van der Waals surface area contributed by atoms with Crippen LogP contribution in [-0.2, 0) is 17.9 Å². The first-order chi connectivity index (χ1) is 12.5. The first kappa shape index (κ1) is 17.9. The predicted molar refractivity (Wildman–Crippen MR) is 96.7 cm³/mol. The van der Waals surface area contributed by atoms with Crippen LogP contribution >= 0.6 is 11.3 Å². The molecule has 0 bridgehead atoms. The molecule has 1 N–H and O–H groups in total. The molecule has 3 aromatic heterocycles. The Hall–Kier alpha value is -2.94. The summed E-state index contributed by atoms with van der Waals surface area (Å²) in [5.74, 6) is 0.315. The van der Waals surface area contributed by atoms with Crippen molar-refractivity contribution in [1.29, 1.82) is 0 Å². The van der Waals surface area contributed by atoms with E-state index in [1.54, 1.807) is 37.0 Å². The van der Waals surface area contributed by atoms with Gasteiger partial charge in [-0.05, 0) is 26.8 Å². The summed E-state index contributed by atoms with van der Waals surface area (Å²) < 4.78 is 1.55. The van der Waals surface area contributed by atoms with Crippen LogP contribution in [0.3, 0.4) is 0 Å². The summed E-state index contributed by atoms with van der Waals surface area (Å²) in [4.78, 5) is 36.6. The minimum absolute atomic E-state index is 0.0511. The lowest BCUT2D eigenvalue weighted by Crippen LogP contribution is -2.28. The number of rotatable bonds is 6. The van der Waals surface area contributed by atoms with Crippen LogP contribution in [0.2, 0.25) is 0 Å². The maximum atomic E-state index is 12.2. The lowest BCUT2D eigenvalue weighted by atomic mass is 10.1. The fourth-order valence-corrected chi connectivity index (χ4v) is 3.41. The average Bonchev–Trinajstić information content (AvgIpc) is 3.19. The highest BCUT2D eigenvalue weighted by molar-refractivity contribution is 7.13. The molecule has 0 fully saturated rings. The Labute approximate surface area is 154 Å². The van der Waals surface area contributed by atoms with Gasteiger partial charge in [-0.15, -0.1) is 11.3 Å². The molecule has 0 aliphatic heterocycles. The van der Waals surface area contributed by atoms with Gasteiger partial charge in [0, 0.05) is 23.5 Å². The van der Waals surface area contributed by atoms with Gasteiger partial charge in [-0.3, -0.25) is 14.3 Å². The van der Waals surface area contributed by atoms with E-state index < -0.39 is 0 Å². The fourth-order valence-electron chi connectivity index (χ4n) is 2.64. The summed E-state index contributed by atoms with van der Waals surface area (Å²) >= 11 is 1.43. The Morgan fingerprint density at radius 3 is 2.62 bits per heavy atom. The number of thiazole rings is 1. The van der Waals surface area contributed by atoms with E-state index in [2.05, 4.69) is 25.4 Å². The minimum Gasteiger partial charge on any atom is -0.349 e. The first-order valence-electron chi connectivity index (χ1n) is 7.99. The zero-order valence-corrected chi connectivity index (χ0v) is 15.5. The van der Waals surface area contributed by atoms with E-state index in [4.69, 9.17) is 0 Å². The molecule has 0 aliphatic carbocycles. The molecule has 0 spiro atoms. The van der Waals surface area contributed by atoms with Gasteiger partial charge in [0.25, 0.3) is 0 Å². The van der Waals surface area contributed by atoms with Gasteiger partial charge in [0.05, 0.1) is 23.5 Å². The van der Waals surface area contributed by atoms with Crippen LogP contribution in [0.15, 0.2) is 23.8 Å². The summed E-state index contributed by atoms with van der Waals surface area (Å²) in [6.45, 7) is 5.41. The monoisotopic (exact) mass is 370 g/mol. The SMILES string of the molecule is CC(=O)c1c(C)nn(CC(=O)NCc2csc(-c3ncccn3)n2)c1C. The number of nitrogens with zero attached hydrogens (tertiary/aromatic N) is 5. The summed E-state index contributed by atoms with van der Waals surface area (Å²) in [6.07, 6.45) is 3.32. The number of aromatic nitrogens is 5. The zero-order valence-electron chi connectivity index (χ0n) is 14.7. The smallest absolute Gasteiger partial charge is 0.242 e. The maximum Gasteiger partial charge on any atom is 0.242 e. The maximum absolute atomic E-state index is 12.2. The van der Waals surface area contributed by atoms with E-state index in [-0.39, 0.29) is 18.2 Å². The van der Waals surface area contributed by atoms with E-state index in [1.807, 2.05) is 5.38 Å². The summed E-state index contributed by atoms with van der Waals surface area (Å²) in [7, 11) is 0. The third kappa shape index (κ3) is 3.83. The normalized spacial score (nSPS) is 10.7. The summed E-state index contributed by atoms with van der Waals surface area (Å²) in [5.41, 5.74) is 2.64. The van der Waals surface area contributed by atoms with E-state index >= 15 is 0 Å². The Morgan fingerprint density at radius 1 is 1.23 bits per heavy atom. The van der Waals surface area contributed by atoms with Crippen molar-refractivity contribution in [3.05, 3.63) is 46.5 Å². The Kier molecular flexibility index (Phi) is 5.17. The highest BCUT2D eigenvalue weighted by Gasteiger charge is 2.17. The van der Waals surface area contributed by atoms with Crippen LogP contribution in [0.25, 0.3) is 10.8 Å². The Morgan fingerprint density at radius 2 is 1.96 bits per heavy atom. The molecule has 134 valence electrons. The van der Waals surface area contributed by atoms with Crippen molar-refractivity contribution in [3.8, 4) is 10.8 Å². The van der Waals surface area contributed by atoms with Crippen molar-refractivity contribution >= 4 is 23.0 Å². The second kappa shape index (κ2) is 7.52. The molecule has 26 heavy (non-hydrogen) atoms. The molecule has 0 aliphatic rings. The predicted octanol–water partition coefficient (Wildman–Crippen LogP) is 1.93. The Bertz CT molecular complexity index is 948. The van der Waals surface area contributed by atoms with Gasteiger partial charge in [-0.2, -0.15) is 5.10 Å². The molecule has 8 nitrogen and oxygen atoms in total. The van der Waals surface area contributed by atoms with Crippen molar-refractivity contribution in [3.63, 3.8) is 0 Å². The molecule has 3 aromatic rings. The molecule has 3 heterocycles. The number of nitrogens with one attached hydrogen (secondary N) is 1. The molecule has 0 unspecified atom stereocenters. The number of ketones is 1. The van der Waals surface area contributed by atoms with Crippen molar-refractivity contribution in [2.75, 3.05) is 0 Å². The van der Waals surface area contributed by atoms with Crippen LogP contribution in [0.1, 0.15) is 34.4 Å². The molecule has 0 saturated carbocycles. The van der Waals surface area contributed by atoms with E-state index in [9.17, 15) is 9.59 Å². The molecule has 0 aromatic carbocycles. The van der Waals surface area contributed by atoms with Crippen LogP contribution in [0.5, 0.6) is 0 Å². The number of carbonyl (C=O) groups is 2. The quantitative estimate of drug-likeness (QED) is 0.665. The highest BCUT2D eigenvalue weighted by Crippen LogP contribution is 2.19. The number of amides is 1. The van der Waals surface area contributed by atoms with Gasteiger partial charge in [0.15, 0.2) is 16.6 Å². The number of carbonyl (C=O) groups excluding carboxylic acids is 2. The molecular weight excluding hydrogens is 352 g/mol. The minimum atomic E-state index is -0.198. The summed E-state index contributed by atoms with van der Waals surface area (Å²) in [5, 5.41) is 9.66. The third-order valence-corrected chi connectivity index (χ3v) is 4.69. The van der Waals surface area contributed by atoms with Crippen LogP contribution in [0, 0.1) is 13.8 Å². The van der Waals surface area contributed by atoms with Gasteiger partial charge in [-0.1, -0.05) is 0 Å². The van der Waals surface area contributed by atoms with Crippen LogP contribution < -0.4 is 5.32 Å². The third-order valence-electron chi connectivity index (χ3n) is 3.80. The van der Waals surface area contributed by atoms with Gasteiger partial charge in [0.1, 0.15) is 6.54 Å². The molecule has 0 atom stereocenters. The van der Waals surface area contributed by atoms with Gasteiger partial charge in [-0.25, -0.2) is 15.0 Å². The molecule has 0 radical (unpaired) electrons. The molecular formula is C17H18N6O2S. The molecule has 0 saturated heterocycles. The van der Waals surface area contributed by atoms with Crippen molar-refractivity contribution in [1.82, 2.24) is 30.0 Å². The molecule has 9 heteroatoms. The number of aryl methyl sites for hydroxylation is 1. The van der Waals surface area contributed by atoms with E-state index in [0.717, 1.165) is 5.69 Å². The lowest BCUT2D eigenvalue weighted by molar-refractivity contribution is -0.122. The van der Waals surface area contributed by atoms with E-state index in [1.165, 1.54) is 18.3 Å². The molecule has 3 rings (SSSR count). The van der Waals surface area contributed by atoms with Crippen molar-refractivity contribution in [2.24, 2.45) is 0 Å². The van der Waals surface area contributed by atoms with Crippen molar-refractivity contribution in [2.45, 2.75) is 33.9 Å². The first-order valence-corrected chi connectivity index (χ1v) is 8.87. The van der Waals surface area contributed by atoms with Gasteiger partial charge >= 0.3 is 0 Å². The number of hydrogen-bond acceptors (Lipinski definition) is 7. The average molecular weight is 370 g/mol. The highest BCUT2D eigenvalue weighted by atomic mass is 32.1. The topological polar surface area (TPSA) is 103 Å². The number of Topliss-reactive ketones (excluding diaryl/α,β-unsaturated/α-hetero) is 1. The van der Waals surface area contributed by atoms with Crippen LogP contribution in [0.4, 0.5) is 0 Å². The summed E-state index contributed by atoms with van der Waals surface area (Å²) in [6, 6.07) is 1.74. The van der Waals surface area contributed by atoms with Crippen molar-refractivity contribution < 1.29 is 9.59 Å². The van der Waals surface area contributed by atoms with E-state index in [0.29, 0.717) is 34.3 Å². The number of hydrogen-bond donors (Lipinski definition) is 1. The zero-order chi connectivity index (χ0) is 18.7. The fraction of sp³-hybridized carbons (Fsp3) is 0.294. The van der Waals surface area contributed by atoms with Gasteiger partial charge in [0.2, 0.25) is 5.91 Å². The largest absolute Gasteiger partial charge is 0.349 e. The second-order valence-corrected chi connectivity index (χ2v) is 6.61.